The predicted molar refractivity (Wildman–Crippen MR) is 203 cm³/mol. The minimum atomic E-state index is -0.157. The fourth-order valence-corrected chi connectivity index (χ4v) is 7.90. The molecule has 0 unspecified atom stereocenters. The van der Waals surface area contributed by atoms with Crippen molar-refractivity contribution < 1.29 is 0 Å². The molecular formula is C46H33N3. The van der Waals surface area contributed by atoms with E-state index in [1.165, 1.54) is 44.3 Å². The second-order valence-corrected chi connectivity index (χ2v) is 13.3. The molecule has 49 heavy (non-hydrogen) atoms. The van der Waals surface area contributed by atoms with E-state index < -0.39 is 0 Å². The third-order valence-corrected chi connectivity index (χ3v) is 10.2. The Labute approximate surface area is 286 Å². The van der Waals surface area contributed by atoms with Gasteiger partial charge in [-0.2, -0.15) is 5.26 Å². The molecule has 8 aromatic rings. The van der Waals surface area contributed by atoms with Crippen LogP contribution in [0.15, 0.2) is 164 Å². The lowest BCUT2D eigenvalue weighted by molar-refractivity contribution is 0.632. The van der Waals surface area contributed by atoms with Gasteiger partial charge in [0.1, 0.15) is 0 Å². The number of aromatic nitrogens is 1. The van der Waals surface area contributed by atoms with E-state index in [4.69, 9.17) is 0 Å². The molecule has 1 aromatic heterocycles. The van der Waals surface area contributed by atoms with Crippen LogP contribution < -0.4 is 4.90 Å². The first kappa shape index (κ1) is 28.8. The quantitative estimate of drug-likeness (QED) is 0.194. The van der Waals surface area contributed by atoms with Gasteiger partial charge in [-0.25, -0.2) is 0 Å². The van der Waals surface area contributed by atoms with Crippen molar-refractivity contribution >= 4 is 38.9 Å². The fourth-order valence-electron chi connectivity index (χ4n) is 7.90. The van der Waals surface area contributed by atoms with Crippen molar-refractivity contribution in [2.45, 2.75) is 19.3 Å². The molecule has 3 heteroatoms. The average molecular weight is 628 g/mol. The topological polar surface area (TPSA) is 32.0 Å². The van der Waals surface area contributed by atoms with Crippen LogP contribution in [0.3, 0.4) is 0 Å². The molecule has 0 spiro atoms. The second kappa shape index (κ2) is 11.1. The monoisotopic (exact) mass is 627 g/mol. The molecular weight excluding hydrogens is 595 g/mol. The number of para-hydroxylation sites is 4. The first-order valence-corrected chi connectivity index (χ1v) is 16.8. The number of hydrogen-bond donors (Lipinski definition) is 0. The molecule has 7 aromatic carbocycles. The van der Waals surface area contributed by atoms with Crippen LogP contribution in [0.5, 0.6) is 0 Å². The van der Waals surface area contributed by atoms with Gasteiger partial charge in [-0.1, -0.05) is 123 Å². The lowest BCUT2D eigenvalue weighted by atomic mass is 9.73. The molecule has 0 radical (unpaired) electrons. The Balaban J connectivity index is 1.37. The summed E-state index contributed by atoms with van der Waals surface area (Å²) in [4.78, 5) is 2.44. The molecule has 232 valence electrons. The van der Waals surface area contributed by atoms with Gasteiger partial charge in [-0.3, -0.25) is 0 Å². The van der Waals surface area contributed by atoms with E-state index in [0.717, 1.165) is 33.6 Å². The predicted octanol–water partition coefficient (Wildman–Crippen LogP) is 12.1. The molecule has 0 atom stereocenters. The van der Waals surface area contributed by atoms with E-state index in [1.54, 1.807) is 0 Å². The highest BCUT2D eigenvalue weighted by Gasteiger charge is 2.36. The SMILES string of the molecule is CC1(C)c2ccccc2N(c2cc(-c3ccccc3-c3cccc(C#N)c3)cc(-n3c4ccccc4c4ccccc43)c2)c2ccccc21. The Hall–Kier alpha value is -6.37. The van der Waals surface area contributed by atoms with E-state index in [0.29, 0.717) is 5.56 Å². The van der Waals surface area contributed by atoms with E-state index in [9.17, 15) is 5.26 Å². The number of rotatable bonds is 4. The van der Waals surface area contributed by atoms with Crippen LogP contribution in [0.1, 0.15) is 30.5 Å². The molecule has 9 rings (SSSR count). The van der Waals surface area contributed by atoms with Gasteiger partial charge in [0.05, 0.1) is 34.0 Å². The molecule has 0 fully saturated rings. The molecule has 1 aliphatic rings. The minimum Gasteiger partial charge on any atom is -0.310 e. The van der Waals surface area contributed by atoms with Crippen LogP contribution in [0.25, 0.3) is 49.7 Å². The Kier molecular flexibility index (Phi) is 6.54. The summed E-state index contributed by atoms with van der Waals surface area (Å²) in [7, 11) is 0. The molecule has 0 saturated heterocycles. The maximum absolute atomic E-state index is 9.73. The van der Waals surface area contributed by atoms with Crippen LogP contribution in [0.4, 0.5) is 17.1 Å². The highest BCUT2D eigenvalue weighted by atomic mass is 15.2. The molecule has 0 saturated carbocycles. The Morgan fingerprint density at radius 1 is 0.490 bits per heavy atom. The van der Waals surface area contributed by atoms with E-state index in [2.05, 4.69) is 175 Å². The average Bonchev–Trinajstić information content (AvgIpc) is 3.49. The zero-order valence-electron chi connectivity index (χ0n) is 27.4. The smallest absolute Gasteiger partial charge is 0.0991 e. The van der Waals surface area contributed by atoms with Crippen molar-refractivity contribution in [3.05, 3.63) is 180 Å². The van der Waals surface area contributed by atoms with E-state index >= 15 is 0 Å². The number of nitrogens with zero attached hydrogens (tertiary/aromatic N) is 3. The third kappa shape index (κ3) is 4.49. The summed E-state index contributed by atoms with van der Waals surface area (Å²) in [6, 6.07) is 60.8. The van der Waals surface area contributed by atoms with Crippen LogP contribution in [-0.2, 0) is 5.41 Å². The van der Waals surface area contributed by atoms with Crippen LogP contribution >= 0.6 is 0 Å². The van der Waals surface area contributed by atoms with Gasteiger partial charge in [-0.05, 0) is 88.0 Å². The summed E-state index contributed by atoms with van der Waals surface area (Å²) in [5.74, 6) is 0. The summed E-state index contributed by atoms with van der Waals surface area (Å²) in [5, 5.41) is 12.2. The second-order valence-electron chi connectivity index (χ2n) is 13.3. The summed E-state index contributed by atoms with van der Waals surface area (Å²) in [6.45, 7) is 4.65. The van der Waals surface area contributed by atoms with Crippen molar-refractivity contribution in [3.63, 3.8) is 0 Å². The molecule has 3 nitrogen and oxygen atoms in total. The van der Waals surface area contributed by atoms with Gasteiger partial charge >= 0.3 is 0 Å². The first-order valence-electron chi connectivity index (χ1n) is 16.8. The van der Waals surface area contributed by atoms with Crippen LogP contribution in [-0.4, -0.2) is 4.57 Å². The highest BCUT2D eigenvalue weighted by Crippen LogP contribution is 2.52. The van der Waals surface area contributed by atoms with Crippen molar-refractivity contribution in [2.75, 3.05) is 4.90 Å². The number of nitriles is 1. The van der Waals surface area contributed by atoms with E-state index in [1.807, 2.05) is 18.2 Å². The zero-order valence-corrected chi connectivity index (χ0v) is 27.4. The van der Waals surface area contributed by atoms with Gasteiger partial charge < -0.3 is 9.47 Å². The summed E-state index contributed by atoms with van der Waals surface area (Å²) in [5.41, 5.74) is 14.3. The lowest BCUT2D eigenvalue weighted by Gasteiger charge is -2.42. The molecule has 0 aliphatic carbocycles. The van der Waals surface area contributed by atoms with Crippen molar-refractivity contribution in [2.24, 2.45) is 0 Å². The highest BCUT2D eigenvalue weighted by molar-refractivity contribution is 6.09. The molecule has 0 amide bonds. The van der Waals surface area contributed by atoms with Gasteiger partial charge in [0.2, 0.25) is 0 Å². The molecule has 1 aliphatic heterocycles. The largest absolute Gasteiger partial charge is 0.310 e. The number of fused-ring (bicyclic) bond motifs is 5. The Morgan fingerprint density at radius 2 is 1.02 bits per heavy atom. The van der Waals surface area contributed by atoms with Gasteiger partial charge in [-0.15, -0.1) is 0 Å². The molecule has 2 heterocycles. The number of hydrogen-bond acceptors (Lipinski definition) is 2. The number of anilines is 3. The molecule has 0 bridgehead atoms. The van der Waals surface area contributed by atoms with Crippen molar-refractivity contribution in [1.82, 2.24) is 4.57 Å². The van der Waals surface area contributed by atoms with Crippen LogP contribution in [0.2, 0.25) is 0 Å². The van der Waals surface area contributed by atoms with Crippen molar-refractivity contribution in [3.8, 4) is 34.0 Å². The van der Waals surface area contributed by atoms with E-state index in [-0.39, 0.29) is 5.41 Å². The minimum absolute atomic E-state index is 0.157. The van der Waals surface area contributed by atoms with Gasteiger partial charge in [0.15, 0.2) is 0 Å². The Morgan fingerprint density at radius 3 is 1.65 bits per heavy atom. The number of benzene rings is 7. The lowest BCUT2D eigenvalue weighted by Crippen LogP contribution is -2.30. The zero-order chi connectivity index (χ0) is 33.1. The Bertz CT molecular complexity index is 2510. The summed E-state index contributed by atoms with van der Waals surface area (Å²) < 4.78 is 2.41. The summed E-state index contributed by atoms with van der Waals surface area (Å²) in [6.07, 6.45) is 0. The van der Waals surface area contributed by atoms with Crippen LogP contribution in [0, 0.1) is 11.3 Å². The normalized spacial score (nSPS) is 13.2. The summed E-state index contributed by atoms with van der Waals surface area (Å²) >= 11 is 0. The van der Waals surface area contributed by atoms with Crippen molar-refractivity contribution in [1.29, 1.82) is 5.26 Å². The first-order chi connectivity index (χ1) is 24.0. The van der Waals surface area contributed by atoms with Gasteiger partial charge in [0, 0.05) is 27.6 Å². The van der Waals surface area contributed by atoms with Gasteiger partial charge in [0.25, 0.3) is 0 Å². The third-order valence-electron chi connectivity index (χ3n) is 10.2. The standard InChI is InChI=1S/C46H33N3/c1-46(2)40-20-7-11-24-44(40)49(45-25-12-8-21-41(45)46)35-28-33(37-17-4-3-16-36(37)32-15-13-14-31(26-32)30-47)27-34(29-35)48-42-22-9-5-18-38(42)39-19-6-10-23-43(39)48/h3-29H,1-2H3. The fraction of sp³-hybridized carbons (Fsp3) is 0.0652. The maximum Gasteiger partial charge on any atom is 0.0991 e. The molecule has 0 N–H and O–H groups in total. The maximum atomic E-state index is 9.73.